The topological polar surface area (TPSA) is 25.8 Å². The zero-order valence-electron chi connectivity index (χ0n) is 33.4. The Morgan fingerprint density at radius 2 is 1.47 bits per heavy atom. The molecule has 0 saturated heterocycles. The van der Waals surface area contributed by atoms with Crippen LogP contribution in [0.1, 0.15) is 38.8 Å². The van der Waals surface area contributed by atoms with Crippen LogP contribution < -0.4 is 5.19 Å². The van der Waals surface area contributed by atoms with Gasteiger partial charge < -0.3 is 9.97 Å². The fourth-order valence-electron chi connectivity index (χ4n) is 5.85. The minimum atomic E-state index is -2.48. The normalized spacial score (nSPS) is 14.0. The molecule has 0 atom stereocenters. The van der Waals surface area contributed by atoms with Gasteiger partial charge in [-0.25, -0.2) is 0 Å². The predicted molar refractivity (Wildman–Crippen MR) is 214 cm³/mol. The Balaban J connectivity index is 0.000000246. The summed E-state index contributed by atoms with van der Waals surface area (Å²) in [6, 6.07) is 37.4. The number of pyridine rings is 2. The second-order valence-electron chi connectivity index (χ2n) is 14.1. The molecule has 0 saturated carbocycles. The second kappa shape index (κ2) is 14.0. The maximum atomic E-state index is 8.94. The third-order valence-corrected chi connectivity index (χ3v) is 12.5. The zero-order chi connectivity index (χ0) is 37.9. The van der Waals surface area contributed by atoms with Gasteiger partial charge >= 0.3 is 0 Å². The Kier molecular flexibility index (Phi) is 8.36. The molecule has 1 radical (unpaired) electrons. The molecule has 0 amide bonds. The van der Waals surface area contributed by atoms with Gasteiger partial charge in [-0.05, 0) is 73.1 Å². The van der Waals surface area contributed by atoms with Gasteiger partial charge in [0, 0.05) is 48.8 Å². The van der Waals surface area contributed by atoms with Crippen LogP contribution >= 0.6 is 22.7 Å². The van der Waals surface area contributed by atoms with E-state index in [1.165, 1.54) is 26.9 Å². The summed E-state index contributed by atoms with van der Waals surface area (Å²) in [5.41, 5.74) is 2.66. The van der Waals surface area contributed by atoms with Crippen LogP contribution in [0.2, 0.25) is 19.6 Å². The van der Waals surface area contributed by atoms with Gasteiger partial charge in [-0.15, -0.1) is 47.5 Å². The molecule has 4 aromatic heterocycles. The van der Waals surface area contributed by atoms with Gasteiger partial charge in [-0.3, -0.25) is 0 Å². The second-order valence-corrected chi connectivity index (χ2v) is 21.2. The van der Waals surface area contributed by atoms with Gasteiger partial charge in [0.15, 0.2) is 0 Å². The molecule has 49 heavy (non-hydrogen) atoms. The molecule has 0 bridgehead atoms. The van der Waals surface area contributed by atoms with Gasteiger partial charge in [0.25, 0.3) is 0 Å². The van der Waals surface area contributed by atoms with Gasteiger partial charge in [0.1, 0.15) is 0 Å². The van der Waals surface area contributed by atoms with Crippen molar-refractivity contribution in [1.82, 2.24) is 9.97 Å². The number of aryl methyl sites for hydroxylation is 1. The molecule has 6 heteroatoms. The van der Waals surface area contributed by atoms with E-state index < -0.39 is 26.7 Å². The number of thiophene rings is 2. The molecule has 2 nitrogen and oxygen atoms in total. The Morgan fingerprint density at radius 1 is 0.796 bits per heavy atom. The van der Waals surface area contributed by atoms with Crippen LogP contribution in [0.25, 0.3) is 62.9 Å². The van der Waals surface area contributed by atoms with E-state index >= 15 is 0 Å². The maximum Gasteiger partial charge on any atom is 0.0795 e. The first-order valence-corrected chi connectivity index (χ1v) is 21.2. The third-order valence-electron chi connectivity index (χ3n) is 8.19. The van der Waals surface area contributed by atoms with E-state index in [-0.39, 0.29) is 31.2 Å². The van der Waals surface area contributed by atoms with Crippen molar-refractivity contribution in [3.8, 4) is 22.5 Å². The van der Waals surface area contributed by atoms with E-state index in [9.17, 15) is 0 Å². The minimum absolute atomic E-state index is 0. The summed E-state index contributed by atoms with van der Waals surface area (Å²) in [5, 5.41) is 6.06. The number of nitrogens with zero attached hydrogens (tertiary/aromatic N) is 2. The average Bonchev–Trinajstić information content (AvgIpc) is 3.69. The summed E-state index contributed by atoms with van der Waals surface area (Å²) in [6.45, 7) is 9.88. The summed E-state index contributed by atoms with van der Waals surface area (Å²) in [4.78, 5) is 9.12. The molecule has 8 rings (SSSR count). The number of fused-ring (bicyclic) bond motifs is 7. The monoisotopic (exact) mass is 874 g/mol. The van der Waals surface area contributed by atoms with Crippen molar-refractivity contribution in [2.24, 2.45) is 5.41 Å². The molecule has 0 spiro atoms. The minimum Gasteiger partial charge on any atom is -0.305 e. The zero-order valence-corrected chi connectivity index (χ0v) is 33.4. The Labute approximate surface area is 319 Å². The van der Waals surface area contributed by atoms with E-state index in [2.05, 4.69) is 84.2 Å². The molecular weight excluding hydrogens is 829 g/mol. The van der Waals surface area contributed by atoms with E-state index in [1.807, 2.05) is 48.7 Å². The maximum absolute atomic E-state index is 8.94. The van der Waals surface area contributed by atoms with Gasteiger partial charge in [-0.1, -0.05) is 111 Å². The first-order valence-electron chi connectivity index (χ1n) is 18.6. The van der Waals surface area contributed by atoms with Crippen LogP contribution in [-0.4, -0.2) is 18.0 Å². The molecule has 249 valence electrons. The van der Waals surface area contributed by atoms with E-state index in [0.29, 0.717) is 5.69 Å². The van der Waals surface area contributed by atoms with Gasteiger partial charge in [-0.2, -0.15) is 22.7 Å². The summed E-state index contributed by atoms with van der Waals surface area (Å²) in [6.07, 6.45) is 1.46. The first-order chi connectivity index (χ1) is 24.9. The number of hydrogen-bond acceptors (Lipinski definition) is 4. The van der Waals surface area contributed by atoms with E-state index in [1.54, 1.807) is 49.5 Å². The molecule has 0 N–H and O–H groups in total. The smallest absolute Gasteiger partial charge is 0.0795 e. The van der Waals surface area contributed by atoms with Crippen LogP contribution in [0.3, 0.4) is 0 Å². The molecule has 4 aromatic carbocycles. The van der Waals surface area contributed by atoms with Crippen molar-refractivity contribution < 1.29 is 27.0 Å². The van der Waals surface area contributed by atoms with E-state index in [0.717, 1.165) is 41.7 Å². The average molecular weight is 874 g/mol. The molecular formula is C43H40IrN2S2Si-2. The number of benzene rings is 4. The van der Waals surface area contributed by atoms with Crippen molar-refractivity contribution in [1.29, 1.82) is 0 Å². The SMILES string of the molecule is C[Si](C)(C)c1ccc(-c2[c-]cccc2)nc1.[2H]C([2H])([2H])c1cnc(-c2[c-]c3sc4ccccc4c3c3c2sc2ccccc23)cc1C([2H])([2H])C(C)(C)C.[Ir]. The molecule has 0 aliphatic heterocycles. The summed E-state index contributed by atoms with van der Waals surface area (Å²) < 4.78 is 46.4. The number of hydrogen-bond donors (Lipinski definition) is 0. The van der Waals surface area contributed by atoms with Crippen molar-refractivity contribution in [3.05, 3.63) is 127 Å². The molecule has 0 unspecified atom stereocenters. The van der Waals surface area contributed by atoms with Gasteiger partial charge in [0.05, 0.1) is 8.07 Å². The van der Waals surface area contributed by atoms with Crippen molar-refractivity contribution >= 4 is 76.3 Å². The van der Waals surface area contributed by atoms with Crippen LogP contribution in [0.5, 0.6) is 0 Å². The molecule has 4 heterocycles. The largest absolute Gasteiger partial charge is 0.305 e. The van der Waals surface area contributed by atoms with Gasteiger partial charge in [0.2, 0.25) is 0 Å². The van der Waals surface area contributed by atoms with Crippen molar-refractivity contribution in [3.63, 3.8) is 0 Å². The quantitative estimate of drug-likeness (QED) is 0.130. The fraction of sp³-hybridized carbons (Fsp3) is 0.209. The molecule has 0 aliphatic rings. The first kappa shape index (κ1) is 29.2. The molecule has 0 aliphatic carbocycles. The number of rotatable bonds is 4. The fourth-order valence-corrected chi connectivity index (χ4v) is 9.22. The molecule has 0 fully saturated rings. The van der Waals surface area contributed by atoms with Crippen molar-refractivity contribution in [2.75, 3.05) is 0 Å². The number of aromatic nitrogens is 2. The van der Waals surface area contributed by atoms with Crippen LogP contribution in [0.4, 0.5) is 0 Å². The van der Waals surface area contributed by atoms with E-state index in [4.69, 9.17) is 6.85 Å². The Hall–Kier alpha value is -3.51. The van der Waals surface area contributed by atoms with Crippen LogP contribution in [0, 0.1) is 24.4 Å². The van der Waals surface area contributed by atoms with Crippen LogP contribution in [0.15, 0.2) is 103 Å². The van der Waals surface area contributed by atoms with Crippen molar-refractivity contribution in [2.45, 2.75) is 53.6 Å². The summed E-state index contributed by atoms with van der Waals surface area (Å²) in [5.74, 6) is 0. The molecule has 8 aromatic rings. The van der Waals surface area contributed by atoms with Crippen LogP contribution in [-0.2, 0) is 26.5 Å². The summed E-state index contributed by atoms with van der Waals surface area (Å²) in [7, 11) is -1.23. The Morgan fingerprint density at radius 3 is 2.10 bits per heavy atom. The summed E-state index contributed by atoms with van der Waals surface area (Å²) >= 11 is 3.34. The Bertz CT molecular complexity index is 2600. The predicted octanol–water partition coefficient (Wildman–Crippen LogP) is 12.3. The third kappa shape index (κ3) is 7.36. The standard InChI is InChI=1S/C29H24NS2.C14H16NSi.Ir/c1-17-16-30-22(13-18(17)15-29(2,3)4)21-14-25-26(19-9-5-7-11-23(19)31-25)27-20-10-6-8-12-24(20)32-28(21)27;1-16(2,3)13-9-10-14(15-11-13)12-7-5-4-6-8-12;/h5-13,16H,15H2,1-4H3;4-7,9-11H,1-3H3;/q2*-1;/i1D3,15D2;;.